The molecule has 0 spiro atoms. The van der Waals surface area contributed by atoms with E-state index < -0.39 is 10.0 Å². The molecule has 0 aromatic heterocycles. The van der Waals surface area contributed by atoms with E-state index in [0.717, 1.165) is 36.8 Å². The molecule has 0 saturated carbocycles. The maximum absolute atomic E-state index is 12.5. The van der Waals surface area contributed by atoms with Crippen molar-refractivity contribution in [2.45, 2.75) is 64.3 Å². The molecular formula is C15H26N2O2S. The van der Waals surface area contributed by atoms with Crippen LogP contribution in [0.1, 0.15) is 50.7 Å². The molecule has 0 aliphatic carbocycles. The van der Waals surface area contributed by atoms with Gasteiger partial charge in [0.05, 0.1) is 5.69 Å². The number of benzene rings is 1. The average molecular weight is 298 g/mol. The van der Waals surface area contributed by atoms with Crippen LogP contribution < -0.4 is 10.5 Å². The van der Waals surface area contributed by atoms with E-state index in [9.17, 15) is 8.42 Å². The standard InChI is InChI=1S/C15H26N2O2S/c1-5-6-7-8-12(3)17-20(18,19)15-13(4)11(2)9-10-14(15)16/h9-10,12,17H,5-8,16H2,1-4H3. The summed E-state index contributed by atoms with van der Waals surface area (Å²) in [5.41, 5.74) is 7.81. The monoisotopic (exact) mass is 298 g/mol. The molecule has 0 amide bonds. The zero-order valence-corrected chi connectivity index (χ0v) is 13.7. The van der Waals surface area contributed by atoms with Gasteiger partial charge >= 0.3 is 0 Å². The Balaban J connectivity index is 2.92. The summed E-state index contributed by atoms with van der Waals surface area (Å²) in [7, 11) is -3.56. The van der Waals surface area contributed by atoms with Crippen molar-refractivity contribution in [3.8, 4) is 0 Å². The van der Waals surface area contributed by atoms with Crippen LogP contribution in [0.3, 0.4) is 0 Å². The molecule has 1 unspecified atom stereocenters. The molecule has 0 saturated heterocycles. The van der Waals surface area contributed by atoms with Gasteiger partial charge in [0, 0.05) is 6.04 Å². The van der Waals surface area contributed by atoms with Crippen molar-refractivity contribution in [1.29, 1.82) is 0 Å². The molecular weight excluding hydrogens is 272 g/mol. The third kappa shape index (κ3) is 4.21. The molecule has 1 aromatic rings. The number of nitrogen functional groups attached to an aromatic ring is 1. The first-order valence-corrected chi connectivity index (χ1v) is 8.66. The summed E-state index contributed by atoms with van der Waals surface area (Å²) in [6.45, 7) is 7.71. The summed E-state index contributed by atoms with van der Waals surface area (Å²) in [5, 5.41) is 0. The summed E-state index contributed by atoms with van der Waals surface area (Å²) in [6, 6.07) is 3.42. The fourth-order valence-corrected chi connectivity index (χ4v) is 3.96. The van der Waals surface area contributed by atoms with Gasteiger partial charge in [-0.1, -0.05) is 32.3 Å². The maximum atomic E-state index is 12.5. The highest BCUT2D eigenvalue weighted by Crippen LogP contribution is 2.25. The van der Waals surface area contributed by atoms with E-state index in [1.54, 1.807) is 13.0 Å². The highest BCUT2D eigenvalue weighted by atomic mass is 32.2. The van der Waals surface area contributed by atoms with Crippen molar-refractivity contribution in [3.05, 3.63) is 23.3 Å². The molecule has 1 rings (SSSR count). The van der Waals surface area contributed by atoms with Crippen LogP contribution in [-0.4, -0.2) is 14.5 Å². The Morgan fingerprint density at radius 3 is 2.50 bits per heavy atom. The maximum Gasteiger partial charge on any atom is 0.243 e. The molecule has 0 heterocycles. The number of hydrogen-bond acceptors (Lipinski definition) is 3. The smallest absolute Gasteiger partial charge is 0.243 e. The molecule has 0 bridgehead atoms. The predicted octanol–water partition coefficient (Wildman–Crippen LogP) is 3.13. The van der Waals surface area contributed by atoms with Crippen LogP contribution in [0.5, 0.6) is 0 Å². The van der Waals surface area contributed by atoms with Crippen LogP contribution in [0.25, 0.3) is 0 Å². The molecule has 114 valence electrons. The molecule has 0 aliphatic heterocycles. The van der Waals surface area contributed by atoms with E-state index in [1.807, 2.05) is 19.9 Å². The van der Waals surface area contributed by atoms with Gasteiger partial charge in [-0.05, 0) is 44.4 Å². The van der Waals surface area contributed by atoms with Gasteiger partial charge in [-0.2, -0.15) is 0 Å². The topological polar surface area (TPSA) is 72.2 Å². The highest BCUT2D eigenvalue weighted by molar-refractivity contribution is 7.89. The summed E-state index contributed by atoms with van der Waals surface area (Å²) in [6.07, 6.45) is 4.13. The lowest BCUT2D eigenvalue weighted by Crippen LogP contribution is -2.33. The van der Waals surface area contributed by atoms with Crippen molar-refractivity contribution in [2.75, 3.05) is 5.73 Å². The van der Waals surface area contributed by atoms with E-state index in [4.69, 9.17) is 5.73 Å². The lowest BCUT2D eigenvalue weighted by Gasteiger charge is -2.17. The van der Waals surface area contributed by atoms with Gasteiger partial charge < -0.3 is 5.73 Å². The van der Waals surface area contributed by atoms with Gasteiger partial charge in [0.15, 0.2) is 0 Å². The van der Waals surface area contributed by atoms with E-state index >= 15 is 0 Å². The Hall–Kier alpha value is -1.07. The van der Waals surface area contributed by atoms with Crippen molar-refractivity contribution in [3.63, 3.8) is 0 Å². The first-order chi connectivity index (χ1) is 9.29. The average Bonchev–Trinajstić information content (AvgIpc) is 2.33. The Labute approximate surface area is 122 Å². The number of aryl methyl sites for hydroxylation is 1. The van der Waals surface area contributed by atoms with Gasteiger partial charge in [-0.25, -0.2) is 13.1 Å². The number of nitrogens with one attached hydrogen (secondary N) is 1. The molecule has 0 aliphatic rings. The lowest BCUT2D eigenvalue weighted by atomic mass is 10.1. The van der Waals surface area contributed by atoms with Crippen LogP contribution in [-0.2, 0) is 10.0 Å². The summed E-state index contributed by atoms with van der Waals surface area (Å²) in [5.74, 6) is 0. The molecule has 5 heteroatoms. The second-order valence-electron chi connectivity index (χ2n) is 5.44. The summed E-state index contributed by atoms with van der Waals surface area (Å²) < 4.78 is 27.7. The molecule has 0 fully saturated rings. The number of rotatable bonds is 7. The van der Waals surface area contributed by atoms with Crippen LogP contribution in [0, 0.1) is 13.8 Å². The Kier molecular flexibility index (Phi) is 6.02. The molecule has 0 radical (unpaired) electrons. The largest absolute Gasteiger partial charge is 0.398 e. The number of hydrogen-bond donors (Lipinski definition) is 2. The quantitative estimate of drug-likeness (QED) is 0.600. The first kappa shape index (κ1) is 17.0. The molecule has 3 N–H and O–H groups in total. The van der Waals surface area contributed by atoms with Crippen molar-refractivity contribution in [2.24, 2.45) is 0 Å². The van der Waals surface area contributed by atoms with Gasteiger partial charge in [-0.15, -0.1) is 0 Å². The molecule has 20 heavy (non-hydrogen) atoms. The van der Waals surface area contributed by atoms with E-state index in [0.29, 0.717) is 5.69 Å². The van der Waals surface area contributed by atoms with E-state index in [2.05, 4.69) is 11.6 Å². The molecule has 1 aromatic carbocycles. The number of anilines is 1. The number of unbranched alkanes of at least 4 members (excludes halogenated alkanes) is 2. The van der Waals surface area contributed by atoms with Crippen LogP contribution in [0.2, 0.25) is 0 Å². The van der Waals surface area contributed by atoms with Gasteiger partial charge in [0.25, 0.3) is 0 Å². The second-order valence-corrected chi connectivity index (χ2v) is 7.09. The third-order valence-electron chi connectivity index (χ3n) is 3.57. The Morgan fingerprint density at radius 1 is 1.25 bits per heavy atom. The van der Waals surface area contributed by atoms with Crippen LogP contribution >= 0.6 is 0 Å². The van der Waals surface area contributed by atoms with E-state index in [-0.39, 0.29) is 10.9 Å². The fraction of sp³-hybridized carbons (Fsp3) is 0.600. The fourth-order valence-electron chi connectivity index (χ4n) is 2.25. The van der Waals surface area contributed by atoms with Crippen molar-refractivity contribution in [1.82, 2.24) is 4.72 Å². The summed E-state index contributed by atoms with van der Waals surface area (Å²) >= 11 is 0. The normalized spacial score (nSPS) is 13.4. The Morgan fingerprint density at radius 2 is 1.90 bits per heavy atom. The van der Waals surface area contributed by atoms with Crippen LogP contribution in [0.15, 0.2) is 17.0 Å². The van der Waals surface area contributed by atoms with Gasteiger partial charge in [-0.3, -0.25) is 0 Å². The minimum Gasteiger partial charge on any atom is -0.398 e. The third-order valence-corrected chi connectivity index (χ3v) is 5.36. The zero-order valence-electron chi connectivity index (χ0n) is 12.9. The number of nitrogens with two attached hydrogens (primary N) is 1. The van der Waals surface area contributed by atoms with E-state index in [1.165, 1.54) is 0 Å². The summed E-state index contributed by atoms with van der Waals surface area (Å²) in [4.78, 5) is 0.222. The molecule has 1 atom stereocenters. The lowest BCUT2D eigenvalue weighted by molar-refractivity contribution is 0.527. The van der Waals surface area contributed by atoms with Crippen molar-refractivity contribution < 1.29 is 8.42 Å². The van der Waals surface area contributed by atoms with Crippen molar-refractivity contribution >= 4 is 15.7 Å². The zero-order chi connectivity index (χ0) is 15.3. The first-order valence-electron chi connectivity index (χ1n) is 7.17. The van der Waals surface area contributed by atoms with Gasteiger partial charge in [0.1, 0.15) is 4.90 Å². The minimum atomic E-state index is -3.56. The second kappa shape index (κ2) is 7.09. The highest BCUT2D eigenvalue weighted by Gasteiger charge is 2.22. The SMILES string of the molecule is CCCCCC(C)NS(=O)(=O)c1c(N)ccc(C)c1C. The predicted molar refractivity (Wildman–Crippen MR) is 84.3 cm³/mol. The number of sulfonamides is 1. The molecule has 4 nitrogen and oxygen atoms in total. The van der Waals surface area contributed by atoms with Gasteiger partial charge in [0.2, 0.25) is 10.0 Å². The Bertz CT molecular complexity index is 553. The minimum absolute atomic E-state index is 0.0779. The van der Waals surface area contributed by atoms with Crippen LogP contribution in [0.4, 0.5) is 5.69 Å².